The molecule has 1 N–H and O–H groups in total. The highest BCUT2D eigenvalue weighted by Crippen LogP contribution is 2.24. The van der Waals surface area contributed by atoms with E-state index in [1.54, 1.807) is 13.1 Å². The van der Waals surface area contributed by atoms with E-state index in [9.17, 15) is 18.0 Å². The maximum atomic E-state index is 12.8. The molecule has 3 rings (SSSR count). The normalized spacial score (nSPS) is 12.8. The molecule has 0 aliphatic carbocycles. The molecule has 3 aromatic rings. The van der Waals surface area contributed by atoms with Gasteiger partial charge in [-0.2, -0.15) is 13.2 Å². The number of carbonyl (C=O) groups is 1. The quantitative estimate of drug-likeness (QED) is 0.282. The van der Waals surface area contributed by atoms with E-state index < -0.39 is 18.6 Å². The number of ether oxygens (including phenoxy) is 2. The molecule has 1 amide bonds. The van der Waals surface area contributed by atoms with Crippen LogP contribution in [-0.2, 0) is 28.0 Å². The van der Waals surface area contributed by atoms with E-state index in [4.69, 9.17) is 4.84 Å². The lowest BCUT2D eigenvalue weighted by molar-refractivity contribution is -0.288. The molecule has 0 bridgehead atoms. The van der Waals surface area contributed by atoms with Crippen molar-refractivity contribution in [2.24, 2.45) is 12.2 Å². The minimum atomic E-state index is -4.87. The Balaban J connectivity index is 1.67. The average molecular weight is 479 g/mol. The number of halogens is 3. The van der Waals surface area contributed by atoms with Crippen LogP contribution in [0.1, 0.15) is 24.0 Å². The van der Waals surface area contributed by atoms with Crippen molar-refractivity contribution >= 4 is 17.6 Å². The van der Waals surface area contributed by atoms with Gasteiger partial charge in [0.05, 0.1) is 5.69 Å². The summed E-state index contributed by atoms with van der Waals surface area (Å²) in [6, 6.07) is 13.6. The van der Waals surface area contributed by atoms with Crippen LogP contribution in [0, 0.1) is 0 Å². The van der Waals surface area contributed by atoms with Gasteiger partial charge in [0.15, 0.2) is 12.3 Å². The van der Waals surface area contributed by atoms with Crippen LogP contribution < -0.4 is 5.32 Å². The Morgan fingerprint density at radius 2 is 1.94 bits per heavy atom. The molecule has 0 radical (unpaired) electrons. The Morgan fingerprint density at radius 1 is 1.18 bits per heavy atom. The zero-order valence-corrected chi connectivity index (χ0v) is 18.1. The number of carbonyl (C=O) groups excluding carboxylic acids is 1. The van der Waals surface area contributed by atoms with Crippen LogP contribution in [0.4, 0.5) is 23.8 Å². The Bertz CT molecular complexity index is 1120. The average Bonchev–Trinajstić information content (AvgIpc) is 3.22. The molecule has 14 heteroatoms. The van der Waals surface area contributed by atoms with Gasteiger partial charge in [0, 0.05) is 19.2 Å². The van der Waals surface area contributed by atoms with Crippen molar-refractivity contribution < 1.29 is 32.3 Å². The molecule has 0 spiro atoms. The number of rotatable bonds is 9. The molecule has 34 heavy (non-hydrogen) atoms. The molecule has 0 aliphatic heterocycles. The van der Waals surface area contributed by atoms with Crippen molar-refractivity contribution in [3.63, 3.8) is 0 Å². The number of aryl methyl sites for hydroxylation is 1. The number of nitrogens with zero attached hydrogens (tertiary/aromatic N) is 6. The molecule has 0 aliphatic rings. The number of hydrogen-bond acceptors (Lipinski definition) is 9. The Hall–Kier alpha value is -4.07. The fourth-order valence-electron chi connectivity index (χ4n) is 2.62. The van der Waals surface area contributed by atoms with Gasteiger partial charge in [-0.15, -0.1) is 5.10 Å². The summed E-state index contributed by atoms with van der Waals surface area (Å²) < 4.78 is 48.7. The SMILES string of the molecule is CCOC(OC(=O)Nc1cccc(CO/N=C(/c2ccccc2)c2nnnn2C)n1)C(F)(F)F. The summed E-state index contributed by atoms with van der Waals surface area (Å²) in [5, 5.41) is 17.6. The van der Waals surface area contributed by atoms with Crippen LogP contribution in [0.15, 0.2) is 53.7 Å². The summed E-state index contributed by atoms with van der Waals surface area (Å²) in [4.78, 5) is 21.4. The lowest BCUT2D eigenvalue weighted by atomic mass is 10.1. The van der Waals surface area contributed by atoms with Crippen molar-refractivity contribution in [3.05, 3.63) is 65.6 Å². The third kappa shape index (κ3) is 6.71. The fraction of sp³-hybridized carbons (Fsp3) is 0.300. The van der Waals surface area contributed by atoms with Crippen LogP contribution in [0.2, 0.25) is 0 Å². The first-order chi connectivity index (χ1) is 16.3. The number of amides is 1. The van der Waals surface area contributed by atoms with Crippen LogP contribution in [0.5, 0.6) is 0 Å². The molecule has 0 fully saturated rings. The second kappa shape index (κ2) is 11.2. The highest BCUT2D eigenvalue weighted by Gasteiger charge is 2.44. The lowest BCUT2D eigenvalue weighted by Gasteiger charge is -2.20. The number of oxime groups is 1. The second-order valence-corrected chi connectivity index (χ2v) is 6.58. The van der Waals surface area contributed by atoms with Crippen LogP contribution in [0.3, 0.4) is 0 Å². The summed E-state index contributed by atoms with van der Waals surface area (Å²) in [5.41, 5.74) is 1.42. The standard InChI is InChI=1S/C20H20F3N7O4/c1-3-32-18(20(21,22)23)34-19(31)25-15-11-7-10-14(24-15)12-33-27-16(13-8-5-4-6-9-13)17-26-28-29-30(17)2/h4-11,18H,3,12H2,1-2H3,(H,24,25,31)/b27-16-. The Kier molecular flexibility index (Phi) is 8.08. The first-order valence-corrected chi connectivity index (χ1v) is 9.88. The molecular formula is C20H20F3N7O4. The molecule has 0 saturated heterocycles. The van der Waals surface area contributed by atoms with Crippen molar-refractivity contribution in [1.82, 2.24) is 25.2 Å². The van der Waals surface area contributed by atoms with E-state index in [2.05, 4.69) is 40.5 Å². The molecule has 1 aromatic carbocycles. The van der Waals surface area contributed by atoms with E-state index >= 15 is 0 Å². The van der Waals surface area contributed by atoms with E-state index in [1.807, 2.05) is 30.3 Å². The van der Waals surface area contributed by atoms with E-state index in [0.717, 1.165) is 0 Å². The third-order valence-corrected chi connectivity index (χ3v) is 4.08. The monoisotopic (exact) mass is 479 g/mol. The number of aromatic nitrogens is 5. The molecule has 1 atom stereocenters. The van der Waals surface area contributed by atoms with Gasteiger partial charge in [-0.1, -0.05) is 41.6 Å². The smallest absolute Gasteiger partial charge is 0.409 e. The van der Waals surface area contributed by atoms with Crippen molar-refractivity contribution in [3.8, 4) is 0 Å². The van der Waals surface area contributed by atoms with Gasteiger partial charge in [-0.3, -0.25) is 5.32 Å². The zero-order chi connectivity index (χ0) is 24.6. The summed E-state index contributed by atoms with van der Waals surface area (Å²) in [6.07, 6.45) is -8.94. The number of benzene rings is 1. The molecular weight excluding hydrogens is 459 g/mol. The number of alkyl halides is 3. The highest BCUT2D eigenvalue weighted by molar-refractivity contribution is 6.10. The third-order valence-electron chi connectivity index (χ3n) is 4.08. The summed E-state index contributed by atoms with van der Waals surface area (Å²) in [7, 11) is 1.65. The largest absolute Gasteiger partial charge is 0.452 e. The van der Waals surface area contributed by atoms with E-state index in [-0.39, 0.29) is 19.0 Å². The molecule has 2 heterocycles. The predicted molar refractivity (Wildman–Crippen MR) is 111 cm³/mol. The molecule has 11 nitrogen and oxygen atoms in total. The van der Waals surface area contributed by atoms with Crippen LogP contribution >= 0.6 is 0 Å². The lowest BCUT2D eigenvalue weighted by Crippen LogP contribution is -2.37. The van der Waals surface area contributed by atoms with Gasteiger partial charge >= 0.3 is 18.6 Å². The summed E-state index contributed by atoms with van der Waals surface area (Å²) >= 11 is 0. The van der Waals surface area contributed by atoms with E-state index in [0.29, 0.717) is 22.8 Å². The van der Waals surface area contributed by atoms with Gasteiger partial charge in [-0.25, -0.2) is 14.5 Å². The van der Waals surface area contributed by atoms with E-state index in [1.165, 1.54) is 23.7 Å². The number of pyridine rings is 1. The van der Waals surface area contributed by atoms with Gasteiger partial charge in [0.25, 0.3) is 0 Å². The highest BCUT2D eigenvalue weighted by atomic mass is 19.4. The van der Waals surface area contributed by atoms with Crippen LogP contribution in [0.25, 0.3) is 0 Å². The van der Waals surface area contributed by atoms with Crippen molar-refractivity contribution in [1.29, 1.82) is 0 Å². The molecule has 0 saturated carbocycles. The minimum Gasteiger partial charge on any atom is -0.409 e. The summed E-state index contributed by atoms with van der Waals surface area (Å²) in [6.45, 7) is 0.937. The van der Waals surface area contributed by atoms with Crippen molar-refractivity contribution in [2.45, 2.75) is 26.0 Å². The van der Waals surface area contributed by atoms with Gasteiger partial charge < -0.3 is 14.3 Å². The topological polar surface area (TPSA) is 126 Å². The maximum absolute atomic E-state index is 12.8. The van der Waals surface area contributed by atoms with Crippen LogP contribution in [-0.4, -0.2) is 56.1 Å². The first-order valence-electron chi connectivity index (χ1n) is 9.88. The summed E-state index contributed by atoms with van der Waals surface area (Å²) in [5.74, 6) is 0.319. The van der Waals surface area contributed by atoms with Gasteiger partial charge in [0.1, 0.15) is 5.82 Å². The molecule has 2 aromatic heterocycles. The minimum absolute atomic E-state index is 0.0479. The Morgan fingerprint density at radius 3 is 2.59 bits per heavy atom. The number of hydrogen-bond donors (Lipinski definition) is 1. The van der Waals surface area contributed by atoms with Gasteiger partial charge in [0.2, 0.25) is 5.82 Å². The molecule has 1 unspecified atom stereocenters. The number of anilines is 1. The van der Waals surface area contributed by atoms with Crippen molar-refractivity contribution in [2.75, 3.05) is 11.9 Å². The van der Waals surface area contributed by atoms with Gasteiger partial charge in [-0.05, 0) is 29.5 Å². The fourth-order valence-corrected chi connectivity index (χ4v) is 2.62. The molecule has 180 valence electrons. The Labute approximate surface area is 191 Å². The first kappa shape index (κ1) is 24.6. The zero-order valence-electron chi connectivity index (χ0n) is 18.1. The number of tetrazole rings is 1. The number of nitrogens with one attached hydrogen (secondary N) is 1. The maximum Gasteiger partial charge on any atom is 0.452 e. The predicted octanol–water partition coefficient (Wildman–Crippen LogP) is 3.05. The second-order valence-electron chi connectivity index (χ2n) is 6.58.